The normalized spacial score (nSPS) is 14.2. The highest BCUT2D eigenvalue weighted by Crippen LogP contribution is 2.21. The molecule has 0 heterocycles. The third kappa shape index (κ3) is 6.19. The average Bonchev–Trinajstić information content (AvgIpc) is 2.34. The fourth-order valence-electron chi connectivity index (χ4n) is 1.48. The molecule has 1 aliphatic rings. The van der Waals surface area contributed by atoms with Crippen LogP contribution in [0.15, 0.2) is 22.2 Å². The minimum absolute atomic E-state index is 0.0188. The maximum absolute atomic E-state index is 11.7. The van der Waals surface area contributed by atoms with Gasteiger partial charge in [-0.3, -0.25) is 14.9 Å². The second-order valence-electron chi connectivity index (χ2n) is 4.00. The summed E-state index contributed by atoms with van der Waals surface area (Å²) < 4.78 is 0.919. The van der Waals surface area contributed by atoms with Crippen molar-refractivity contribution in [2.45, 2.75) is 25.7 Å². The molecule has 3 amide bonds. The van der Waals surface area contributed by atoms with Crippen LogP contribution in [0.4, 0.5) is 4.79 Å². The molecule has 0 aliphatic heterocycles. The van der Waals surface area contributed by atoms with Crippen LogP contribution < -0.4 is 10.6 Å². The van der Waals surface area contributed by atoms with E-state index in [2.05, 4.69) is 26.6 Å². The van der Waals surface area contributed by atoms with E-state index >= 15 is 0 Å². The standard InChI is InChI=1S/C12H15BrN2O4/c13-9-4-1-3-8(7-9)11(18)15-12(19)14-6-2-5-10(16)17/h3,7H,1-2,4-6H2,(H,16,17)(H2,14,15,18,19). The molecule has 0 radical (unpaired) electrons. The number of rotatable bonds is 5. The van der Waals surface area contributed by atoms with E-state index < -0.39 is 17.9 Å². The minimum atomic E-state index is -0.916. The summed E-state index contributed by atoms with van der Waals surface area (Å²) in [6, 6.07) is -0.619. The van der Waals surface area contributed by atoms with Crippen LogP contribution in [0, 0.1) is 0 Å². The highest BCUT2D eigenvalue weighted by atomic mass is 79.9. The number of carbonyl (C=O) groups excluding carboxylic acids is 2. The molecule has 0 atom stereocenters. The van der Waals surface area contributed by atoms with Gasteiger partial charge in [0.05, 0.1) is 0 Å². The van der Waals surface area contributed by atoms with Gasteiger partial charge in [0.25, 0.3) is 5.91 Å². The highest BCUT2D eigenvalue weighted by molar-refractivity contribution is 9.11. The number of carboxylic acids is 1. The lowest BCUT2D eigenvalue weighted by molar-refractivity contribution is -0.137. The van der Waals surface area contributed by atoms with E-state index in [1.165, 1.54) is 0 Å². The predicted octanol–water partition coefficient (Wildman–Crippen LogP) is 1.68. The van der Waals surface area contributed by atoms with Gasteiger partial charge in [-0.05, 0) is 29.8 Å². The van der Waals surface area contributed by atoms with Crippen molar-refractivity contribution in [1.82, 2.24) is 10.6 Å². The maximum Gasteiger partial charge on any atom is 0.321 e. The first-order valence-electron chi connectivity index (χ1n) is 5.86. The van der Waals surface area contributed by atoms with Crippen LogP contribution in [-0.2, 0) is 9.59 Å². The van der Waals surface area contributed by atoms with Gasteiger partial charge in [-0.25, -0.2) is 4.79 Å². The lowest BCUT2D eigenvalue weighted by Gasteiger charge is -2.10. The van der Waals surface area contributed by atoms with Crippen molar-refractivity contribution < 1.29 is 19.5 Å². The first-order valence-corrected chi connectivity index (χ1v) is 6.65. The van der Waals surface area contributed by atoms with Gasteiger partial charge in [0.15, 0.2) is 0 Å². The molecule has 0 aromatic heterocycles. The monoisotopic (exact) mass is 330 g/mol. The van der Waals surface area contributed by atoms with Crippen LogP contribution >= 0.6 is 15.9 Å². The molecule has 0 saturated carbocycles. The molecule has 0 aromatic rings. The van der Waals surface area contributed by atoms with Crippen LogP contribution in [0.25, 0.3) is 0 Å². The Labute approximate surface area is 119 Å². The van der Waals surface area contributed by atoms with Crippen molar-refractivity contribution >= 4 is 33.8 Å². The first kappa shape index (κ1) is 15.4. The molecule has 1 rings (SSSR count). The second-order valence-corrected chi connectivity index (χ2v) is 5.02. The number of amides is 3. The van der Waals surface area contributed by atoms with Crippen molar-refractivity contribution in [3.05, 3.63) is 22.2 Å². The van der Waals surface area contributed by atoms with Crippen molar-refractivity contribution in [3.63, 3.8) is 0 Å². The smallest absolute Gasteiger partial charge is 0.321 e. The number of imide groups is 1. The summed E-state index contributed by atoms with van der Waals surface area (Å²) in [7, 11) is 0. The van der Waals surface area contributed by atoms with Crippen molar-refractivity contribution in [2.75, 3.05) is 6.54 Å². The number of nitrogens with one attached hydrogen (secondary N) is 2. The van der Waals surface area contributed by atoms with Crippen LogP contribution in [0.3, 0.4) is 0 Å². The number of allylic oxidation sites excluding steroid dienone is 2. The molecular weight excluding hydrogens is 316 g/mol. The van der Waals surface area contributed by atoms with E-state index in [0.717, 1.165) is 17.3 Å². The minimum Gasteiger partial charge on any atom is -0.481 e. The van der Waals surface area contributed by atoms with Gasteiger partial charge in [0.2, 0.25) is 0 Å². The zero-order valence-electron chi connectivity index (χ0n) is 10.2. The molecule has 0 saturated heterocycles. The molecule has 104 valence electrons. The number of urea groups is 1. The van der Waals surface area contributed by atoms with Gasteiger partial charge in [-0.2, -0.15) is 0 Å². The Morgan fingerprint density at radius 2 is 2.11 bits per heavy atom. The lowest BCUT2D eigenvalue weighted by Crippen LogP contribution is -2.40. The molecule has 19 heavy (non-hydrogen) atoms. The number of carboxylic acid groups (broad SMARTS) is 1. The topological polar surface area (TPSA) is 95.5 Å². The van der Waals surface area contributed by atoms with Gasteiger partial charge in [0, 0.05) is 18.5 Å². The van der Waals surface area contributed by atoms with Crippen molar-refractivity contribution in [2.24, 2.45) is 0 Å². The summed E-state index contributed by atoms with van der Waals surface area (Å²) >= 11 is 3.31. The Balaban J connectivity index is 2.30. The van der Waals surface area contributed by atoms with Gasteiger partial charge < -0.3 is 10.4 Å². The van der Waals surface area contributed by atoms with Crippen LogP contribution in [0.1, 0.15) is 25.7 Å². The Kier molecular flexibility index (Phi) is 6.27. The third-order valence-corrected chi connectivity index (χ3v) is 3.03. The van der Waals surface area contributed by atoms with Gasteiger partial charge in [0.1, 0.15) is 0 Å². The summed E-state index contributed by atoms with van der Waals surface area (Å²) in [6.45, 7) is 0.212. The summed E-state index contributed by atoms with van der Waals surface area (Å²) in [5, 5.41) is 13.0. The molecule has 1 aliphatic carbocycles. The maximum atomic E-state index is 11.7. The molecule has 0 spiro atoms. The zero-order chi connectivity index (χ0) is 14.3. The Morgan fingerprint density at radius 3 is 2.74 bits per heavy atom. The van der Waals surface area contributed by atoms with E-state index in [4.69, 9.17) is 5.11 Å². The second kappa shape index (κ2) is 7.73. The third-order valence-electron chi connectivity index (χ3n) is 2.40. The molecule has 6 nitrogen and oxygen atoms in total. The van der Waals surface area contributed by atoms with E-state index in [1.54, 1.807) is 12.2 Å². The molecule has 0 unspecified atom stereocenters. The Bertz CT molecular complexity index is 443. The number of aliphatic carboxylic acids is 1. The Morgan fingerprint density at radius 1 is 1.37 bits per heavy atom. The zero-order valence-corrected chi connectivity index (χ0v) is 11.8. The summed E-state index contributed by atoms with van der Waals surface area (Å²) in [5.74, 6) is -1.38. The fourth-order valence-corrected chi connectivity index (χ4v) is 1.96. The summed E-state index contributed by atoms with van der Waals surface area (Å²) in [4.78, 5) is 33.3. The van der Waals surface area contributed by atoms with E-state index in [1.807, 2.05) is 0 Å². The van der Waals surface area contributed by atoms with Crippen LogP contribution in [-0.4, -0.2) is 29.6 Å². The number of hydrogen-bond acceptors (Lipinski definition) is 3. The predicted molar refractivity (Wildman–Crippen MR) is 72.7 cm³/mol. The fraction of sp³-hybridized carbons (Fsp3) is 0.417. The molecule has 0 aromatic carbocycles. The molecule has 0 bridgehead atoms. The van der Waals surface area contributed by atoms with E-state index in [0.29, 0.717) is 12.0 Å². The van der Waals surface area contributed by atoms with Crippen LogP contribution in [0.5, 0.6) is 0 Å². The SMILES string of the molecule is O=C(O)CCCNC(=O)NC(=O)C1=CCCC(Br)=C1. The average molecular weight is 331 g/mol. The molecular formula is C12H15BrN2O4. The number of hydrogen-bond donors (Lipinski definition) is 3. The van der Waals surface area contributed by atoms with Crippen LogP contribution in [0.2, 0.25) is 0 Å². The number of halogens is 1. The molecule has 3 N–H and O–H groups in total. The molecule has 0 fully saturated rings. The Hall–Kier alpha value is -1.63. The van der Waals surface area contributed by atoms with E-state index in [9.17, 15) is 14.4 Å². The van der Waals surface area contributed by atoms with Crippen molar-refractivity contribution in [1.29, 1.82) is 0 Å². The summed E-state index contributed by atoms with van der Waals surface area (Å²) in [6.07, 6.45) is 5.34. The first-order chi connectivity index (χ1) is 8.99. The van der Waals surface area contributed by atoms with Gasteiger partial charge >= 0.3 is 12.0 Å². The van der Waals surface area contributed by atoms with Gasteiger partial charge in [-0.1, -0.05) is 22.0 Å². The molecule has 7 heteroatoms. The van der Waals surface area contributed by atoms with Crippen molar-refractivity contribution in [3.8, 4) is 0 Å². The number of carbonyl (C=O) groups is 3. The summed E-state index contributed by atoms with van der Waals surface area (Å²) in [5.41, 5.74) is 0.443. The highest BCUT2D eigenvalue weighted by Gasteiger charge is 2.13. The van der Waals surface area contributed by atoms with Gasteiger partial charge in [-0.15, -0.1) is 0 Å². The van der Waals surface area contributed by atoms with E-state index in [-0.39, 0.29) is 13.0 Å². The lowest BCUT2D eigenvalue weighted by atomic mass is 10.1. The largest absolute Gasteiger partial charge is 0.481 e. The quantitative estimate of drug-likeness (QED) is 0.668.